The molecule has 1 aliphatic rings. The molecule has 0 bridgehead atoms. The first-order valence-electron chi connectivity index (χ1n) is 6.66. The molecule has 116 valence electrons. The highest BCUT2D eigenvalue weighted by Crippen LogP contribution is 2.38. The van der Waals surface area contributed by atoms with Crippen molar-refractivity contribution in [1.29, 1.82) is 0 Å². The first kappa shape index (κ1) is 16.4. The van der Waals surface area contributed by atoms with E-state index in [0.29, 0.717) is 23.7 Å². The Morgan fingerprint density at radius 2 is 2.24 bits per heavy atom. The summed E-state index contributed by atoms with van der Waals surface area (Å²) >= 11 is 3.19. The number of nitrogens with zero attached hydrogens (tertiary/aromatic N) is 2. The number of aromatic nitrogens is 1. The first-order valence-corrected chi connectivity index (χ1v) is 8.89. The Hall–Kier alpha value is -0.990. The van der Waals surface area contributed by atoms with Gasteiger partial charge >= 0.3 is 5.97 Å². The molecule has 1 atom stereocenters. The summed E-state index contributed by atoms with van der Waals surface area (Å²) in [6.07, 6.45) is 4.31. The van der Waals surface area contributed by atoms with E-state index in [1.54, 1.807) is 0 Å². The van der Waals surface area contributed by atoms with Gasteiger partial charge < -0.3 is 5.11 Å². The fraction of sp³-hybridized carbons (Fsp3) is 0.538. The van der Waals surface area contributed by atoms with Crippen LogP contribution in [-0.2, 0) is 14.8 Å². The van der Waals surface area contributed by atoms with Crippen LogP contribution >= 0.6 is 15.9 Å². The van der Waals surface area contributed by atoms with Crippen LogP contribution in [0.2, 0.25) is 0 Å². The monoisotopic (exact) mass is 376 g/mol. The number of halogens is 1. The number of rotatable bonds is 5. The number of hydrogen-bond acceptors (Lipinski definition) is 4. The van der Waals surface area contributed by atoms with E-state index in [2.05, 4.69) is 20.9 Å². The topological polar surface area (TPSA) is 87.6 Å². The zero-order chi connectivity index (χ0) is 15.7. The summed E-state index contributed by atoms with van der Waals surface area (Å²) in [5.74, 6) is -0.922. The van der Waals surface area contributed by atoms with Crippen LogP contribution in [0.5, 0.6) is 0 Å². The van der Waals surface area contributed by atoms with Gasteiger partial charge in [-0.15, -0.1) is 0 Å². The van der Waals surface area contributed by atoms with E-state index in [-0.39, 0.29) is 18.0 Å². The second kappa shape index (κ2) is 6.02. The van der Waals surface area contributed by atoms with E-state index < -0.39 is 21.4 Å². The van der Waals surface area contributed by atoms with Gasteiger partial charge in [0.1, 0.15) is 4.90 Å². The van der Waals surface area contributed by atoms with Crippen LogP contribution in [0.25, 0.3) is 0 Å². The number of sulfonamides is 1. The summed E-state index contributed by atoms with van der Waals surface area (Å²) in [5, 5.41) is 9.45. The fourth-order valence-electron chi connectivity index (χ4n) is 2.69. The number of aliphatic carboxylic acids is 1. The molecule has 0 amide bonds. The molecule has 0 aromatic carbocycles. The largest absolute Gasteiger partial charge is 0.481 e. The second-order valence-electron chi connectivity index (χ2n) is 5.26. The molecule has 1 aromatic rings. The van der Waals surface area contributed by atoms with E-state index in [1.165, 1.54) is 22.8 Å². The van der Waals surface area contributed by atoms with Crippen molar-refractivity contribution >= 4 is 31.9 Å². The minimum Gasteiger partial charge on any atom is -0.481 e. The minimum absolute atomic E-state index is 0.0189. The SMILES string of the molecule is CCCC1(C(=O)O)CCN(S(=O)(=O)c2cncc(Br)c2)C1. The highest BCUT2D eigenvalue weighted by Gasteiger charge is 2.47. The maximum atomic E-state index is 12.6. The highest BCUT2D eigenvalue weighted by atomic mass is 79.9. The standard InChI is InChI=1S/C13H17BrN2O4S/c1-2-3-13(12(17)18)4-5-16(9-13)21(19,20)11-6-10(14)7-15-8-11/h6-8H,2-5,9H2,1H3,(H,17,18). The van der Waals surface area contributed by atoms with Gasteiger partial charge in [-0.05, 0) is 34.8 Å². The number of pyridine rings is 1. The molecule has 1 N–H and O–H groups in total. The van der Waals surface area contributed by atoms with Crippen molar-refractivity contribution in [2.75, 3.05) is 13.1 Å². The van der Waals surface area contributed by atoms with Crippen molar-refractivity contribution in [2.24, 2.45) is 5.41 Å². The highest BCUT2D eigenvalue weighted by molar-refractivity contribution is 9.10. The molecule has 21 heavy (non-hydrogen) atoms. The lowest BCUT2D eigenvalue weighted by Crippen LogP contribution is -2.37. The predicted octanol–water partition coefficient (Wildman–Crippen LogP) is 2.11. The van der Waals surface area contributed by atoms with Gasteiger partial charge in [0.2, 0.25) is 10.0 Å². The normalized spacial score (nSPS) is 23.3. The maximum Gasteiger partial charge on any atom is 0.311 e. The molecule has 1 fully saturated rings. The molecule has 0 spiro atoms. The molecule has 0 aliphatic carbocycles. The van der Waals surface area contributed by atoms with Gasteiger partial charge in [-0.1, -0.05) is 13.3 Å². The third-order valence-electron chi connectivity index (χ3n) is 3.82. The Kier molecular flexibility index (Phi) is 4.69. The molecular weight excluding hydrogens is 360 g/mol. The fourth-order valence-corrected chi connectivity index (χ4v) is 4.72. The van der Waals surface area contributed by atoms with Gasteiger partial charge in [-0.2, -0.15) is 4.31 Å². The van der Waals surface area contributed by atoms with Crippen LogP contribution in [0.3, 0.4) is 0 Å². The van der Waals surface area contributed by atoms with Crippen molar-refractivity contribution in [3.05, 3.63) is 22.9 Å². The summed E-state index contributed by atoms with van der Waals surface area (Å²) in [6, 6.07) is 1.48. The van der Waals surface area contributed by atoms with Crippen molar-refractivity contribution in [2.45, 2.75) is 31.1 Å². The molecule has 0 radical (unpaired) electrons. The molecule has 8 heteroatoms. The molecule has 0 saturated carbocycles. The molecule has 1 saturated heterocycles. The smallest absolute Gasteiger partial charge is 0.311 e. The predicted molar refractivity (Wildman–Crippen MR) is 80.3 cm³/mol. The molecule has 6 nitrogen and oxygen atoms in total. The Morgan fingerprint density at radius 1 is 1.52 bits per heavy atom. The Balaban J connectivity index is 2.30. The molecular formula is C13H17BrN2O4S. The third-order valence-corrected chi connectivity index (χ3v) is 6.06. The number of hydrogen-bond donors (Lipinski definition) is 1. The summed E-state index contributed by atoms with van der Waals surface area (Å²) < 4.78 is 27.0. The lowest BCUT2D eigenvalue weighted by Gasteiger charge is -2.24. The zero-order valence-electron chi connectivity index (χ0n) is 11.6. The van der Waals surface area contributed by atoms with Gasteiger partial charge in [0.05, 0.1) is 5.41 Å². The molecule has 1 unspecified atom stereocenters. The van der Waals surface area contributed by atoms with Crippen LogP contribution in [0.15, 0.2) is 27.8 Å². The summed E-state index contributed by atoms with van der Waals surface area (Å²) in [5.41, 5.74) is -0.971. The van der Waals surface area contributed by atoms with E-state index in [4.69, 9.17) is 0 Å². The maximum absolute atomic E-state index is 12.6. The van der Waals surface area contributed by atoms with E-state index >= 15 is 0 Å². The van der Waals surface area contributed by atoms with Crippen molar-refractivity contribution in [1.82, 2.24) is 9.29 Å². The molecule has 1 aromatic heterocycles. The average molecular weight is 377 g/mol. The van der Waals surface area contributed by atoms with Crippen molar-refractivity contribution in [3.63, 3.8) is 0 Å². The lowest BCUT2D eigenvalue weighted by molar-refractivity contribution is -0.148. The summed E-state index contributed by atoms with van der Waals surface area (Å²) in [4.78, 5) is 15.5. The van der Waals surface area contributed by atoms with Crippen LogP contribution < -0.4 is 0 Å². The van der Waals surface area contributed by atoms with Crippen LogP contribution in [0, 0.1) is 5.41 Å². The Bertz CT molecular complexity index is 649. The second-order valence-corrected chi connectivity index (χ2v) is 8.12. The van der Waals surface area contributed by atoms with E-state index in [1.807, 2.05) is 6.92 Å². The lowest BCUT2D eigenvalue weighted by atomic mass is 9.83. The van der Waals surface area contributed by atoms with Crippen molar-refractivity contribution < 1.29 is 18.3 Å². The average Bonchev–Trinajstić information content (AvgIpc) is 2.85. The summed E-state index contributed by atoms with van der Waals surface area (Å²) in [6.45, 7) is 2.15. The van der Waals surface area contributed by atoms with Gasteiger partial charge in [-0.25, -0.2) is 8.42 Å². The first-order chi connectivity index (χ1) is 9.82. The number of carbonyl (C=O) groups is 1. The minimum atomic E-state index is -3.71. The Morgan fingerprint density at radius 3 is 2.81 bits per heavy atom. The van der Waals surface area contributed by atoms with Crippen molar-refractivity contribution in [3.8, 4) is 0 Å². The van der Waals surface area contributed by atoms with Gasteiger partial charge in [0.25, 0.3) is 0 Å². The quantitative estimate of drug-likeness (QED) is 0.849. The van der Waals surface area contributed by atoms with E-state index in [9.17, 15) is 18.3 Å². The van der Waals surface area contributed by atoms with E-state index in [0.717, 1.165) is 0 Å². The number of carboxylic acid groups (broad SMARTS) is 1. The molecule has 2 rings (SSSR count). The zero-order valence-corrected chi connectivity index (χ0v) is 14.0. The Labute approximate surface area is 132 Å². The molecule has 1 aliphatic heterocycles. The molecule has 2 heterocycles. The van der Waals surface area contributed by atoms with Gasteiger partial charge in [0.15, 0.2) is 0 Å². The van der Waals surface area contributed by atoms with Crippen LogP contribution in [0.1, 0.15) is 26.2 Å². The third kappa shape index (κ3) is 3.12. The number of carboxylic acids is 1. The van der Waals surface area contributed by atoms with Crippen LogP contribution in [-0.4, -0.2) is 41.9 Å². The van der Waals surface area contributed by atoms with Gasteiger partial charge in [-0.3, -0.25) is 9.78 Å². The summed E-state index contributed by atoms with van der Waals surface area (Å²) in [7, 11) is -3.71. The van der Waals surface area contributed by atoms with Crippen LogP contribution in [0.4, 0.5) is 0 Å². The van der Waals surface area contributed by atoms with Gasteiger partial charge in [0, 0.05) is 30.0 Å².